The summed E-state index contributed by atoms with van der Waals surface area (Å²) in [4.78, 5) is 8.49. The van der Waals surface area contributed by atoms with E-state index in [2.05, 4.69) is 36.7 Å². The number of nitriles is 1. The van der Waals surface area contributed by atoms with Crippen LogP contribution in [0.3, 0.4) is 0 Å². The topological polar surface area (TPSA) is 117 Å². The van der Waals surface area contributed by atoms with Crippen molar-refractivity contribution in [3.63, 3.8) is 0 Å². The normalized spacial score (nSPS) is 10.9. The second kappa shape index (κ2) is 6.61. The molecular weight excluding hydrogens is 368 g/mol. The third kappa shape index (κ3) is 2.89. The molecule has 9 nitrogen and oxygen atoms in total. The number of H-pyrrole nitrogens is 1. The van der Waals surface area contributed by atoms with Crippen LogP contribution in [0.15, 0.2) is 54.9 Å². The lowest BCUT2D eigenvalue weighted by molar-refractivity contribution is 0.439. The van der Waals surface area contributed by atoms with Crippen LogP contribution >= 0.6 is 0 Å². The van der Waals surface area contributed by atoms with E-state index < -0.39 is 0 Å². The van der Waals surface area contributed by atoms with Gasteiger partial charge in [-0.3, -0.25) is 14.8 Å². The number of aromatic amines is 1. The van der Waals surface area contributed by atoms with Crippen LogP contribution in [0.2, 0.25) is 0 Å². The first-order valence-corrected chi connectivity index (χ1v) is 8.79. The smallest absolute Gasteiger partial charge is 0.248 e. The van der Waals surface area contributed by atoms with Gasteiger partial charge in [-0.25, -0.2) is 4.98 Å². The van der Waals surface area contributed by atoms with E-state index in [1.807, 2.05) is 37.4 Å². The Morgan fingerprint density at radius 3 is 2.86 bits per heavy atom. The number of ether oxygens (including phenoxy) is 1. The number of benzene rings is 1. The Balaban J connectivity index is 1.50. The third-order valence-electron chi connectivity index (χ3n) is 4.49. The lowest BCUT2D eigenvalue weighted by Gasteiger charge is -2.05. The van der Waals surface area contributed by atoms with E-state index in [1.165, 1.54) is 0 Å². The van der Waals surface area contributed by atoms with Crippen molar-refractivity contribution in [1.82, 2.24) is 29.9 Å². The lowest BCUT2D eigenvalue weighted by Crippen LogP contribution is -1.94. The van der Waals surface area contributed by atoms with Gasteiger partial charge in [0.15, 0.2) is 5.82 Å². The summed E-state index contributed by atoms with van der Waals surface area (Å²) < 4.78 is 7.54. The number of aromatic nitrogens is 6. The van der Waals surface area contributed by atoms with Crippen LogP contribution in [-0.4, -0.2) is 29.9 Å². The highest BCUT2D eigenvalue weighted by Gasteiger charge is 2.15. The summed E-state index contributed by atoms with van der Waals surface area (Å²) in [5.41, 5.74) is 3.66. The fourth-order valence-corrected chi connectivity index (χ4v) is 3.10. The maximum absolute atomic E-state index is 9.23. The molecule has 0 aliphatic rings. The van der Waals surface area contributed by atoms with E-state index in [-0.39, 0.29) is 5.88 Å². The number of anilines is 2. The molecule has 0 saturated heterocycles. The average Bonchev–Trinajstić information content (AvgIpc) is 3.30. The van der Waals surface area contributed by atoms with Gasteiger partial charge in [0.05, 0.1) is 16.4 Å². The van der Waals surface area contributed by atoms with Crippen LogP contribution in [0.25, 0.3) is 21.9 Å². The molecule has 2 N–H and O–H groups in total. The number of aryl methyl sites for hydroxylation is 1. The van der Waals surface area contributed by atoms with E-state index >= 15 is 0 Å². The molecule has 140 valence electrons. The van der Waals surface area contributed by atoms with E-state index in [0.29, 0.717) is 17.3 Å². The Kier molecular flexibility index (Phi) is 3.81. The van der Waals surface area contributed by atoms with Gasteiger partial charge in [-0.15, -0.1) is 5.10 Å². The van der Waals surface area contributed by atoms with Crippen LogP contribution in [0.1, 0.15) is 5.56 Å². The first kappa shape index (κ1) is 16.7. The molecule has 29 heavy (non-hydrogen) atoms. The van der Waals surface area contributed by atoms with Crippen LogP contribution in [0, 0.1) is 11.3 Å². The number of rotatable bonds is 4. The minimum Gasteiger partial charge on any atom is -0.417 e. The van der Waals surface area contributed by atoms with E-state index in [4.69, 9.17) is 4.74 Å². The van der Waals surface area contributed by atoms with Crippen LogP contribution in [-0.2, 0) is 7.05 Å². The zero-order valence-electron chi connectivity index (χ0n) is 15.3. The second-order valence-corrected chi connectivity index (χ2v) is 6.33. The van der Waals surface area contributed by atoms with Crippen molar-refractivity contribution < 1.29 is 4.74 Å². The number of hydrogen-bond donors (Lipinski definition) is 2. The molecule has 0 unspecified atom stereocenters. The number of nitrogens with one attached hydrogen (secondary N) is 2. The molecule has 4 heterocycles. The minimum atomic E-state index is 0.228. The zero-order chi connectivity index (χ0) is 19.8. The van der Waals surface area contributed by atoms with Crippen molar-refractivity contribution in [3.8, 4) is 17.8 Å². The van der Waals surface area contributed by atoms with E-state index in [9.17, 15) is 5.26 Å². The fourth-order valence-electron chi connectivity index (χ4n) is 3.10. The van der Waals surface area contributed by atoms with Crippen molar-refractivity contribution in [1.29, 1.82) is 5.26 Å². The molecule has 5 aromatic rings. The molecule has 0 fully saturated rings. The van der Waals surface area contributed by atoms with Crippen LogP contribution in [0.5, 0.6) is 11.8 Å². The molecule has 0 radical (unpaired) electrons. The Morgan fingerprint density at radius 2 is 1.97 bits per heavy atom. The molecule has 5 rings (SSSR count). The van der Waals surface area contributed by atoms with Gasteiger partial charge in [0.1, 0.15) is 17.1 Å². The SMILES string of the molecule is Cn1nc(Oc2ncccc2C#N)c2ccc(Nc3n[nH]c4cccnc34)cc21. The first-order valence-electron chi connectivity index (χ1n) is 8.79. The van der Waals surface area contributed by atoms with Crippen molar-refractivity contribution in [2.45, 2.75) is 0 Å². The molecule has 0 amide bonds. The average molecular weight is 382 g/mol. The molecule has 0 aliphatic carbocycles. The highest BCUT2D eigenvalue weighted by Crippen LogP contribution is 2.32. The molecule has 0 bridgehead atoms. The van der Waals surface area contributed by atoms with Crippen LogP contribution in [0.4, 0.5) is 11.5 Å². The molecular formula is C20H14N8O. The summed E-state index contributed by atoms with van der Waals surface area (Å²) in [6.07, 6.45) is 3.30. The van der Waals surface area contributed by atoms with Gasteiger partial charge in [0.2, 0.25) is 11.8 Å². The molecule has 0 atom stereocenters. The number of pyridine rings is 2. The van der Waals surface area contributed by atoms with Crippen molar-refractivity contribution in [3.05, 3.63) is 60.4 Å². The monoisotopic (exact) mass is 382 g/mol. The molecule has 1 aromatic carbocycles. The Bertz CT molecular complexity index is 1390. The Labute approximate surface area is 164 Å². The standard InChI is InChI=1S/C20H14N8O/c1-28-16-10-13(24-18-17-15(25-26-18)5-3-8-22-17)6-7-14(16)20(27-28)29-19-12(11-21)4-2-9-23-19/h2-10H,1H3,(H2,24,25,26). The van der Waals surface area contributed by atoms with Gasteiger partial charge in [0.25, 0.3) is 0 Å². The molecule has 4 aromatic heterocycles. The summed E-state index contributed by atoms with van der Waals surface area (Å²) >= 11 is 0. The number of hydrogen-bond acceptors (Lipinski definition) is 7. The summed E-state index contributed by atoms with van der Waals surface area (Å²) in [5, 5.41) is 25.0. The molecule has 0 saturated carbocycles. The van der Waals surface area contributed by atoms with Gasteiger partial charge in [-0.2, -0.15) is 10.4 Å². The quantitative estimate of drug-likeness (QED) is 0.487. The van der Waals surface area contributed by atoms with Crippen molar-refractivity contribution in [2.24, 2.45) is 7.05 Å². The highest BCUT2D eigenvalue weighted by atomic mass is 16.5. The Morgan fingerprint density at radius 1 is 1.10 bits per heavy atom. The van der Waals surface area contributed by atoms with E-state index in [0.717, 1.165) is 27.6 Å². The predicted molar refractivity (Wildman–Crippen MR) is 107 cm³/mol. The maximum Gasteiger partial charge on any atom is 0.248 e. The predicted octanol–water partition coefficient (Wildman–Crippen LogP) is 3.65. The Hall–Kier alpha value is -4.45. The summed E-state index contributed by atoms with van der Waals surface area (Å²) in [7, 11) is 1.83. The highest BCUT2D eigenvalue weighted by molar-refractivity contribution is 5.91. The zero-order valence-corrected chi connectivity index (χ0v) is 15.3. The summed E-state index contributed by atoms with van der Waals surface area (Å²) in [6, 6.07) is 14.9. The minimum absolute atomic E-state index is 0.228. The largest absolute Gasteiger partial charge is 0.417 e. The number of nitrogens with zero attached hydrogens (tertiary/aromatic N) is 6. The summed E-state index contributed by atoms with van der Waals surface area (Å²) in [5.74, 6) is 1.26. The first-order chi connectivity index (χ1) is 14.2. The summed E-state index contributed by atoms with van der Waals surface area (Å²) in [6.45, 7) is 0. The van der Waals surface area contributed by atoms with E-state index in [1.54, 1.807) is 29.2 Å². The number of fused-ring (bicyclic) bond motifs is 2. The van der Waals surface area contributed by atoms with Gasteiger partial charge in [-0.1, -0.05) is 0 Å². The van der Waals surface area contributed by atoms with Crippen molar-refractivity contribution in [2.75, 3.05) is 5.32 Å². The van der Waals surface area contributed by atoms with Gasteiger partial charge in [0, 0.05) is 25.1 Å². The van der Waals surface area contributed by atoms with Gasteiger partial charge >= 0.3 is 0 Å². The van der Waals surface area contributed by atoms with Gasteiger partial charge in [-0.05, 0) is 42.5 Å². The maximum atomic E-state index is 9.23. The molecule has 0 aliphatic heterocycles. The third-order valence-corrected chi connectivity index (χ3v) is 4.49. The second-order valence-electron chi connectivity index (χ2n) is 6.33. The van der Waals surface area contributed by atoms with Crippen LogP contribution < -0.4 is 10.1 Å². The van der Waals surface area contributed by atoms with Crippen molar-refractivity contribution >= 4 is 33.4 Å². The van der Waals surface area contributed by atoms with Gasteiger partial charge < -0.3 is 10.1 Å². The fraction of sp³-hybridized carbons (Fsp3) is 0.0500. The molecule has 0 spiro atoms. The molecule has 9 heteroatoms. The lowest BCUT2D eigenvalue weighted by atomic mass is 10.2.